The average molecular weight is 393 g/mol. The number of carbonyl (C=O) groups is 4. The Morgan fingerprint density at radius 1 is 1.03 bits per heavy atom. The van der Waals surface area contributed by atoms with Crippen LogP contribution >= 0.6 is 0 Å². The first-order valence-electron chi connectivity index (χ1n) is 10.3. The lowest BCUT2D eigenvalue weighted by atomic mass is 9.63. The van der Waals surface area contributed by atoms with Crippen LogP contribution in [0.5, 0.6) is 0 Å². The van der Waals surface area contributed by atoms with E-state index in [-0.39, 0.29) is 54.2 Å². The van der Waals surface area contributed by atoms with Crippen LogP contribution < -0.4 is 0 Å². The van der Waals surface area contributed by atoms with Gasteiger partial charge in [0.05, 0.1) is 18.3 Å². The summed E-state index contributed by atoms with van der Waals surface area (Å²) in [4.78, 5) is 51.6. The number of Topliss-reactive ketones (excluding diaryl/α,β-unsaturated/α-hetero) is 1. The van der Waals surface area contributed by atoms with Gasteiger partial charge in [-0.05, 0) is 37.0 Å². The van der Waals surface area contributed by atoms with Crippen molar-refractivity contribution in [2.75, 3.05) is 6.54 Å². The number of imide groups is 1. The molecule has 0 spiro atoms. The van der Waals surface area contributed by atoms with Gasteiger partial charge in [0.15, 0.2) is 6.10 Å². The van der Waals surface area contributed by atoms with Gasteiger partial charge in [0, 0.05) is 12.1 Å². The van der Waals surface area contributed by atoms with E-state index in [9.17, 15) is 19.2 Å². The van der Waals surface area contributed by atoms with Crippen molar-refractivity contribution in [2.45, 2.75) is 25.9 Å². The molecule has 0 aromatic heterocycles. The molecule has 0 unspecified atom stereocenters. The maximum absolute atomic E-state index is 12.9. The minimum atomic E-state index is -0.912. The molecule has 6 rings (SSSR count). The first-order chi connectivity index (χ1) is 14.0. The van der Waals surface area contributed by atoms with Crippen molar-refractivity contribution in [2.24, 2.45) is 35.5 Å². The van der Waals surface area contributed by atoms with Crippen LogP contribution in [-0.2, 0) is 19.1 Å². The van der Waals surface area contributed by atoms with Crippen molar-refractivity contribution in [1.29, 1.82) is 0 Å². The van der Waals surface area contributed by atoms with Gasteiger partial charge in [-0.15, -0.1) is 0 Å². The molecular weight excluding hydrogens is 370 g/mol. The fourth-order valence-electron chi connectivity index (χ4n) is 5.59. The minimum Gasteiger partial charge on any atom is -0.454 e. The minimum absolute atomic E-state index is 0.0184. The van der Waals surface area contributed by atoms with Crippen molar-refractivity contribution in [3.05, 3.63) is 48.0 Å². The van der Waals surface area contributed by atoms with E-state index in [0.717, 1.165) is 6.42 Å². The molecule has 7 atom stereocenters. The molecule has 5 aliphatic rings. The molecule has 2 amide bonds. The van der Waals surface area contributed by atoms with Crippen molar-refractivity contribution in [3.63, 3.8) is 0 Å². The number of ketones is 1. The highest BCUT2D eigenvalue weighted by molar-refractivity contribution is 6.06. The summed E-state index contributed by atoms with van der Waals surface area (Å²) in [6, 6.07) is 8.64. The highest BCUT2D eigenvalue weighted by Gasteiger charge is 2.66. The summed E-state index contributed by atoms with van der Waals surface area (Å²) in [7, 11) is 0. The largest absolute Gasteiger partial charge is 0.454 e. The monoisotopic (exact) mass is 393 g/mol. The van der Waals surface area contributed by atoms with Gasteiger partial charge in [-0.3, -0.25) is 24.1 Å². The van der Waals surface area contributed by atoms with E-state index in [2.05, 4.69) is 12.2 Å². The van der Waals surface area contributed by atoms with Gasteiger partial charge in [0.1, 0.15) is 0 Å². The van der Waals surface area contributed by atoms with Crippen molar-refractivity contribution in [1.82, 2.24) is 4.90 Å². The predicted molar refractivity (Wildman–Crippen MR) is 102 cm³/mol. The topological polar surface area (TPSA) is 80.8 Å². The fourth-order valence-corrected chi connectivity index (χ4v) is 5.59. The van der Waals surface area contributed by atoms with E-state index in [1.807, 2.05) is 0 Å². The molecule has 150 valence electrons. The molecule has 2 saturated carbocycles. The molecule has 1 aromatic carbocycles. The molecule has 1 saturated heterocycles. The average Bonchev–Trinajstić information content (AvgIpc) is 3.51. The number of rotatable bonds is 6. The number of benzene rings is 1. The van der Waals surface area contributed by atoms with Crippen LogP contribution in [0.15, 0.2) is 42.5 Å². The van der Waals surface area contributed by atoms with Crippen molar-refractivity contribution < 1.29 is 23.9 Å². The maximum atomic E-state index is 12.9. The molecule has 6 nitrogen and oxygen atoms in total. The number of amides is 2. The van der Waals surface area contributed by atoms with Crippen LogP contribution in [0.25, 0.3) is 0 Å². The summed E-state index contributed by atoms with van der Waals surface area (Å²) in [6.07, 6.45) is 4.36. The standard InChI is InChI=1S/C23H23NO5/c1-12(21(26)13-5-3-2-4-6-13)29-18(25)9-10-24-22(27)19-14-7-8-15(17-11-16(14)17)20(19)23(24)28/h2-8,12,14-17,19-20H,9-11H2,1H3/t12-,14-,15-,16-,17+,19+,20+/m0/s1. The summed E-state index contributed by atoms with van der Waals surface area (Å²) < 4.78 is 5.24. The molecule has 0 N–H and O–H groups in total. The van der Waals surface area contributed by atoms with E-state index in [1.165, 1.54) is 11.8 Å². The third-order valence-corrected chi connectivity index (χ3v) is 7.03. The zero-order chi connectivity index (χ0) is 20.3. The molecule has 2 bridgehead atoms. The Labute approximate surface area is 168 Å². The second-order valence-electron chi connectivity index (χ2n) is 8.60. The molecule has 0 radical (unpaired) electrons. The van der Waals surface area contributed by atoms with Gasteiger partial charge in [0.2, 0.25) is 17.6 Å². The number of likely N-dealkylation sites (tertiary alicyclic amines) is 1. The predicted octanol–water partition coefficient (Wildman–Crippen LogP) is 2.24. The highest BCUT2D eigenvalue weighted by atomic mass is 16.5. The van der Waals surface area contributed by atoms with Gasteiger partial charge in [0.25, 0.3) is 0 Å². The lowest BCUT2D eigenvalue weighted by Crippen LogP contribution is -2.40. The Hall–Kier alpha value is -2.76. The number of allylic oxidation sites excluding steroid dienone is 2. The summed E-state index contributed by atoms with van der Waals surface area (Å²) >= 11 is 0. The normalized spacial score (nSPS) is 34.6. The van der Waals surface area contributed by atoms with Gasteiger partial charge < -0.3 is 4.74 Å². The number of hydrogen-bond donors (Lipinski definition) is 0. The first kappa shape index (κ1) is 18.3. The Morgan fingerprint density at radius 3 is 2.21 bits per heavy atom. The Bertz CT molecular complexity index is 886. The van der Waals surface area contributed by atoms with Crippen LogP contribution in [0.1, 0.15) is 30.1 Å². The number of carbonyl (C=O) groups excluding carboxylic acids is 4. The third kappa shape index (κ3) is 2.84. The zero-order valence-electron chi connectivity index (χ0n) is 16.2. The van der Waals surface area contributed by atoms with Crippen molar-refractivity contribution >= 4 is 23.6 Å². The lowest BCUT2D eigenvalue weighted by Gasteiger charge is -2.37. The van der Waals surface area contributed by atoms with E-state index < -0.39 is 12.1 Å². The molecule has 1 aliphatic heterocycles. The SMILES string of the molecule is C[C@H](OC(=O)CCN1C(=O)[C@@H]2[C@H]3C=C[C@@H]([C@@H]4C[C@H]34)[C@H]2C1=O)C(=O)c1ccccc1. The van der Waals surface area contributed by atoms with Crippen LogP contribution in [0.4, 0.5) is 0 Å². The zero-order valence-corrected chi connectivity index (χ0v) is 16.2. The molecule has 1 aromatic rings. The van der Waals surface area contributed by atoms with Crippen LogP contribution in [0, 0.1) is 35.5 Å². The Kier molecular flexibility index (Phi) is 4.19. The van der Waals surface area contributed by atoms with Crippen LogP contribution in [0.3, 0.4) is 0 Å². The molecule has 1 heterocycles. The number of nitrogens with zero attached hydrogens (tertiary/aromatic N) is 1. The van der Waals surface area contributed by atoms with E-state index in [4.69, 9.17) is 4.74 Å². The smallest absolute Gasteiger partial charge is 0.308 e. The second-order valence-corrected chi connectivity index (χ2v) is 8.60. The van der Waals surface area contributed by atoms with Gasteiger partial charge in [-0.1, -0.05) is 42.5 Å². The highest BCUT2D eigenvalue weighted by Crippen LogP contribution is 2.65. The Morgan fingerprint density at radius 2 is 1.62 bits per heavy atom. The molecular formula is C23H23NO5. The van der Waals surface area contributed by atoms with Crippen molar-refractivity contribution in [3.8, 4) is 0 Å². The molecule has 4 aliphatic carbocycles. The molecule has 3 fully saturated rings. The quantitative estimate of drug-likeness (QED) is 0.320. The Balaban J connectivity index is 1.19. The molecule has 6 heteroatoms. The number of esters is 1. The van der Waals surface area contributed by atoms with Gasteiger partial charge in [-0.25, -0.2) is 0 Å². The van der Waals surface area contributed by atoms with Crippen LogP contribution in [0.2, 0.25) is 0 Å². The van der Waals surface area contributed by atoms with E-state index in [1.54, 1.807) is 30.3 Å². The number of hydrogen-bond acceptors (Lipinski definition) is 5. The van der Waals surface area contributed by atoms with Gasteiger partial charge >= 0.3 is 5.97 Å². The summed E-state index contributed by atoms with van der Waals surface area (Å²) in [5.41, 5.74) is 0.475. The summed E-state index contributed by atoms with van der Waals surface area (Å²) in [5, 5.41) is 0. The van der Waals surface area contributed by atoms with Gasteiger partial charge in [-0.2, -0.15) is 0 Å². The summed E-state index contributed by atoms with van der Waals surface area (Å²) in [6.45, 7) is 1.55. The molecule has 29 heavy (non-hydrogen) atoms. The third-order valence-electron chi connectivity index (χ3n) is 7.03. The van der Waals surface area contributed by atoms with E-state index >= 15 is 0 Å². The van der Waals surface area contributed by atoms with E-state index in [0.29, 0.717) is 17.4 Å². The number of ether oxygens (including phenoxy) is 1. The summed E-state index contributed by atoms with van der Waals surface area (Å²) in [5.74, 6) is -0.209. The fraction of sp³-hybridized carbons (Fsp3) is 0.478. The lowest BCUT2D eigenvalue weighted by molar-refractivity contribution is -0.148. The van der Waals surface area contributed by atoms with Crippen LogP contribution in [-0.4, -0.2) is 41.1 Å². The second kappa shape index (κ2) is 6.65. The maximum Gasteiger partial charge on any atom is 0.308 e. The first-order valence-corrected chi connectivity index (χ1v) is 10.3.